The van der Waals surface area contributed by atoms with Crippen molar-refractivity contribution in [2.24, 2.45) is 0 Å². The maximum Gasteiger partial charge on any atom is 0.339 e. The second-order valence-electron chi connectivity index (χ2n) is 7.12. The van der Waals surface area contributed by atoms with Gasteiger partial charge in [0.05, 0.1) is 18.7 Å². The van der Waals surface area contributed by atoms with Gasteiger partial charge in [0.1, 0.15) is 22.8 Å². The molecule has 3 aromatic rings. The molecule has 0 aliphatic heterocycles. The monoisotopic (exact) mass is 513 g/mol. The zero-order chi connectivity index (χ0) is 23.8. The van der Waals surface area contributed by atoms with E-state index in [0.29, 0.717) is 22.5 Å². The third-order valence-electron chi connectivity index (χ3n) is 4.96. The number of para-hydroxylation sites is 1. The van der Waals surface area contributed by atoms with E-state index < -0.39 is 5.97 Å². The number of rotatable bonds is 10. The number of carboxylic acids is 1. The lowest BCUT2D eigenvalue weighted by atomic mass is 10.1. The minimum absolute atomic E-state index is 0.0244. The molecule has 0 unspecified atom stereocenters. The first-order valence-corrected chi connectivity index (χ1v) is 10.9. The molecule has 0 bridgehead atoms. The first-order chi connectivity index (χ1) is 15.9. The standard InChI is InChI=1S/C25H24BrNO6/c1-31-19-12-11-18(22(13-19)32-2)15-27(14-17-7-4-3-5-8-17)23(28)16-33-24-20(25(29)30)9-6-10-21(24)26/h3-13H,14-16H2,1-2H3,(H,29,30). The summed E-state index contributed by atoms with van der Waals surface area (Å²) in [6.07, 6.45) is 0. The Kier molecular flexibility index (Phi) is 8.32. The first-order valence-electron chi connectivity index (χ1n) is 10.1. The van der Waals surface area contributed by atoms with Gasteiger partial charge < -0.3 is 24.2 Å². The molecule has 0 aliphatic carbocycles. The van der Waals surface area contributed by atoms with Crippen molar-refractivity contribution in [2.45, 2.75) is 13.1 Å². The van der Waals surface area contributed by atoms with Crippen LogP contribution in [0.2, 0.25) is 0 Å². The number of hydrogen-bond acceptors (Lipinski definition) is 5. The molecule has 0 saturated carbocycles. The minimum Gasteiger partial charge on any atom is -0.497 e. The van der Waals surface area contributed by atoms with Crippen LogP contribution >= 0.6 is 15.9 Å². The summed E-state index contributed by atoms with van der Waals surface area (Å²) in [6, 6.07) is 19.7. The SMILES string of the molecule is COc1ccc(CN(Cc2ccccc2)C(=O)COc2c(Br)cccc2C(=O)O)c(OC)c1. The summed E-state index contributed by atoms with van der Waals surface area (Å²) < 4.78 is 16.9. The van der Waals surface area contributed by atoms with Gasteiger partial charge in [-0.1, -0.05) is 36.4 Å². The molecule has 0 aliphatic rings. The van der Waals surface area contributed by atoms with Crippen LogP contribution in [0.3, 0.4) is 0 Å². The van der Waals surface area contributed by atoms with Crippen molar-refractivity contribution in [1.29, 1.82) is 0 Å². The molecule has 1 amide bonds. The van der Waals surface area contributed by atoms with Crippen LogP contribution in [0, 0.1) is 0 Å². The van der Waals surface area contributed by atoms with E-state index in [9.17, 15) is 14.7 Å². The molecule has 8 heteroatoms. The van der Waals surface area contributed by atoms with Crippen LogP contribution < -0.4 is 14.2 Å². The van der Waals surface area contributed by atoms with Gasteiger partial charge in [0.25, 0.3) is 5.91 Å². The Morgan fingerprint density at radius 3 is 2.36 bits per heavy atom. The third kappa shape index (κ3) is 6.26. The summed E-state index contributed by atoms with van der Waals surface area (Å²) >= 11 is 3.30. The highest BCUT2D eigenvalue weighted by Crippen LogP contribution is 2.30. The van der Waals surface area contributed by atoms with Gasteiger partial charge in [0, 0.05) is 24.7 Å². The van der Waals surface area contributed by atoms with E-state index in [-0.39, 0.29) is 30.4 Å². The predicted octanol–water partition coefficient (Wildman–Crippen LogP) is 4.77. The van der Waals surface area contributed by atoms with Gasteiger partial charge in [-0.2, -0.15) is 0 Å². The molecule has 172 valence electrons. The van der Waals surface area contributed by atoms with Gasteiger partial charge in [-0.25, -0.2) is 4.79 Å². The number of nitrogens with zero attached hydrogens (tertiary/aromatic N) is 1. The molecule has 3 rings (SSSR count). The van der Waals surface area contributed by atoms with Crippen molar-refractivity contribution < 1.29 is 28.9 Å². The van der Waals surface area contributed by atoms with Crippen LogP contribution in [0.25, 0.3) is 0 Å². The van der Waals surface area contributed by atoms with Crippen LogP contribution in [0.5, 0.6) is 17.2 Å². The predicted molar refractivity (Wildman–Crippen MR) is 127 cm³/mol. The van der Waals surface area contributed by atoms with Crippen LogP contribution in [-0.2, 0) is 17.9 Å². The third-order valence-corrected chi connectivity index (χ3v) is 5.59. The highest BCUT2D eigenvalue weighted by molar-refractivity contribution is 9.10. The Labute approximate surface area is 200 Å². The molecule has 3 aromatic carbocycles. The van der Waals surface area contributed by atoms with E-state index in [1.165, 1.54) is 6.07 Å². The van der Waals surface area contributed by atoms with Crippen LogP contribution in [0.1, 0.15) is 21.5 Å². The van der Waals surface area contributed by atoms with Crippen molar-refractivity contribution in [3.63, 3.8) is 0 Å². The lowest BCUT2D eigenvalue weighted by Crippen LogP contribution is -2.34. The Bertz CT molecular complexity index is 1120. The van der Waals surface area contributed by atoms with Crippen molar-refractivity contribution >= 4 is 27.8 Å². The largest absolute Gasteiger partial charge is 0.497 e. The van der Waals surface area contributed by atoms with Gasteiger partial charge >= 0.3 is 5.97 Å². The van der Waals surface area contributed by atoms with Crippen LogP contribution in [-0.4, -0.2) is 42.7 Å². The number of carboxylic acid groups (broad SMARTS) is 1. The van der Waals surface area contributed by atoms with Crippen molar-refractivity contribution in [3.05, 3.63) is 87.9 Å². The minimum atomic E-state index is -1.14. The Morgan fingerprint density at radius 2 is 1.70 bits per heavy atom. The molecule has 1 N–H and O–H groups in total. The van der Waals surface area contributed by atoms with Gasteiger partial charge in [0.2, 0.25) is 0 Å². The summed E-state index contributed by atoms with van der Waals surface area (Å²) in [4.78, 5) is 26.4. The number of carbonyl (C=O) groups excluding carboxylic acids is 1. The number of carbonyl (C=O) groups is 2. The molecule has 0 radical (unpaired) electrons. The van der Waals surface area contributed by atoms with Gasteiger partial charge in [-0.05, 0) is 45.8 Å². The zero-order valence-corrected chi connectivity index (χ0v) is 19.9. The summed E-state index contributed by atoms with van der Waals surface area (Å²) in [5, 5.41) is 9.43. The summed E-state index contributed by atoms with van der Waals surface area (Å²) in [5.41, 5.74) is 1.73. The number of aromatic carboxylic acids is 1. The summed E-state index contributed by atoms with van der Waals surface area (Å²) in [7, 11) is 3.13. The first kappa shape index (κ1) is 24.1. The summed E-state index contributed by atoms with van der Waals surface area (Å²) in [5.74, 6) is -0.0817. The van der Waals surface area contributed by atoms with Crippen LogP contribution in [0.15, 0.2) is 71.2 Å². The molecule has 0 aromatic heterocycles. The van der Waals surface area contributed by atoms with E-state index in [4.69, 9.17) is 14.2 Å². The fraction of sp³-hybridized carbons (Fsp3) is 0.200. The van der Waals surface area contributed by atoms with E-state index in [2.05, 4.69) is 15.9 Å². The number of hydrogen-bond donors (Lipinski definition) is 1. The number of methoxy groups -OCH3 is 2. The van der Waals surface area contributed by atoms with Gasteiger partial charge in [0.15, 0.2) is 6.61 Å². The molecule has 7 nitrogen and oxygen atoms in total. The lowest BCUT2D eigenvalue weighted by Gasteiger charge is -2.24. The van der Waals surface area contributed by atoms with Crippen LogP contribution in [0.4, 0.5) is 0 Å². The molecule has 33 heavy (non-hydrogen) atoms. The highest BCUT2D eigenvalue weighted by Gasteiger charge is 2.20. The smallest absolute Gasteiger partial charge is 0.339 e. The molecular weight excluding hydrogens is 490 g/mol. The zero-order valence-electron chi connectivity index (χ0n) is 18.3. The molecule has 0 spiro atoms. The highest BCUT2D eigenvalue weighted by atomic mass is 79.9. The Balaban J connectivity index is 1.84. The number of halogens is 1. The van der Waals surface area contributed by atoms with E-state index in [0.717, 1.165) is 11.1 Å². The maximum absolute atomic E-state index is 13.2. The number of benzene rings is 3. The quantitative estimate of drug-likeness (QED) is 0.420. The second-order valence-corrected chi connectivity index (χ2v) is 7.98. The van der Waals surface area contributed by atoms with Crippen molar-refractivity contribution in [2.75, 3.05) is 20.8 Å². The number of ether oxygens (including phenoxy) is 3. The van der Waals surface area contributed by atoms with Gasteiger partial charge in [-0.15, -0.1) is 0 Å². The molecule has 0 atom stereocenters. The maximum atomic E-state index is 13.2. The van der Waals surface area contributed by atoms with E-state index in [1.807, 2.05) is 36.4 Å². The van der Waals surface area contributed by atoms with Crippen molar-refractivity contribution in [3.8, 4) is 17.2 Å². The summed E-state index contributed by atoms with van der Waals surface area (Å²) in [6.45, 7) is 0.292. The number of amides is 1. The van der Waals surface area contributed by atoms with E-state index >= 15 is 0 Å². The second kappa shape index (κ2) is 11.4. The fourth-order valence-corrected chi connectivity index (χ4v) is 3.75. The lowest BCUT2D eigenvalue weighted by molar-refractivity contribution is -0.134. The average molecular weight is 514 g/mol. The Morgan fingerprint density at radius 1 is 0.939 bits per heavy atom. The normalized spacial score (nSPS) is 10.4. The Hall–Kier alpha value is -3.52. The topological polar surface area (TPSA) is 85.3 Å². The molecule has 0 saturated heterocycles. The average Bonchev–Trinajstić information content (AvgIpc) is 2.83. The van der Waals surface area contributed by atoms with Gasteiger partial charge in [-0.3, -0.25) is 4.79 Å². The molecular formula is C25H24BrNO6. The molecule has 0 heterocycles. The van der Waals surface area contributed by atoms with Crippen molar-refractivity contribution in [1.82, 2.24) is 4.90 Å². The fourth-order valence-electron chi connectivity index (χ4n) is 3.27. The van der Waals surface area contributed by atoms with E-state index in [1.54, 1.807) is 43.4 Å². The molecule has 0 fully saturated rings.